The molecule has 5 nitrogen and oxygen atoms in total. The average molecular weight is 302 g/mol. The van der Waals surface area contributed by atoms with E-state index in [1.165, 1.54) is 11.0 Å². The third kappa shape index (κ3) is 5.83. The highest BCUT2D eigenvalue weighted by Crippen LogP contribution is 2.09. The first-order chi connectivity index (χ1) is 10.6. The molecule has 0 spiro atoms. The minimum atomic E-state index is -1.22. The Kier molecular flexibility index (Phi) is 7.47. The van der Waals surface area contributed by atoms with E-state index >= 15 is 0 Å². The molecule has 0 radical (unpaired) electrons. The molecular formula is C17H22N2O3. The van der Waals surface area contributed by atoms with Crippen molar-refractivity contribution in [1.82, 2.24) is 10.2 Å². The summed E-state index contributed by atoms with van der Waals surface area (Å²) in [7, 11) is 0. The number of hydrogen-bond acceptors (Lipinski definition) is 2. The van der Waals surface area contributed by atoms with E-state index in [4.69, 9.17) is 5.11 Å². The smallest absolute Gasteiger partial charge is 0.405 e. The van der Waals surface area contributed by atoms with Gasteiger partial charge in [0.2, 0.25) is 5.91 Å². The highest BCUT2D eigenvalue weighted by atomic mass is 16.4. The van der Waals surface area contributed by atoms with Gasteiger partial charge < -0.3 is 15.3 Å². The van der Waals surface area contributed by atoms with Crippen LogP contribution in [0.4, 0.5) is 4.79 Å². The second-order valence-electron chi connectivity index (χ2n) is 4.77. The average Bonchev–Trinajstić information content (AvgIpc) is 2.51. The Morgan fingerprint density at radius 1 is 1.36 bits per heavy atom. The second-order valence-corrected chi connectivity index (χ2v) is 4.77. The summed E-state index contributed by atoms with van der Waals surface area (Å²) in [5, 5.41) is 11.1. The number of carbonyl (C=O) groups is 2. The highest BCUT2D eigenvalue weighted by Gasteiger charge is 2.23. The van der Waals surface area contributed by atoms with Crippen LogP contribution in [0.5, 0.6) is 0 Å². The molecule has 0 aliphatic carbocycles. The van der Waals surface area contributed by atoms with Gasteiger partial charge in [-0.25, -0.2) is 4.79 Å². The highest BCUT2D eigenvalue weighted by molar-refractivity contribution is 5.86. The van der Waals surface area contributed by atoms with Crippen molar-refractivity contribution in [2.45, 2.75) is 32.4 Å². The normalized spacial score (nSPS) is 11.9. The van der Waals surface area contributed by atoms with E-state index in [-0.39, 0.29) is 12.3 Å². The van der Waals surface area contributed by atoms with E-state index in [2.05, 4.69) is 11.9 Å². The van der Waals surface area contributed by atoms with E-state index < -0.39 is 12.1 Å². The number of nitrogens with zero attached hydrogens (tertiary/aromatic N) is 1. The van der Waals surface area contributed by atoms with E-state index in [1.54, 1.807) is 6.20 Å². The number of carbonyl (C=O) groups excluding carboxylic acids is 1. The van der Waals surface area contributed by atoms with Gasteiger partial charge in [-0.05, 0) is 18.4 Å². The fourth-order valence-electron chi connectivity index (χ4n) is 1.95. The maximum atomic E-state index is 12.6. The third-order valence-electron chi connectivity index (χ3n) is 3.00. The van der Waals surface area contributed by atoms with Gasteiger partial charge in [0, 0.05) is 6.20 Å². The zero-order valence-electron chi connectivity index (χ0n) is 12.7. The number of rotatable bonds is 8. The summed E-state index contributed by atoms with van der Waals surface area (Å²) in [6, 6.07) is 8.72. The van der Waals surface area contributed by atoms with Gasteiger partial charge in [-0.1, -0.05) is 49.4 Å². The van der Waals surface area contributed by atoms with Crippen molar-refractivity contribution >= 4 is 12.0 Å². The van der Waals surface area contributed by atoms with Crippen LogP contribution < -0.4 is 5.32 Å². The summed E-state index contributed by atoms with van der Waals surface area (Å²) in [4.78, 5) is 25.0. The maximum absolute atomic E-state index is 12.6. The van der Waals surface area contributed by atoms with Gasteiger partial charge in [-0.2, -0.15) is 0 Å². The molecule has 0 aliphatic rings. The number of allylic oxidation sites excluding steroid dienone is 1. The lowest BCUT2D eigenvalue weighted by Crippen LogP contribution is -2.46. The molecule has 0 fully saturated rings. The van der Waals surface area contributed by atoms with Crippen LogP contribution in [0.15, 0.2) is 55.3 Å². The van der Waals surface area contributed by atoms with E-state index in [9.17, 15) is 9.59 Å². The van der Waals surface area contributed by atoms with Gasteiger partial charge in [-0.3, -0.25) is 4.79 Å². The lowest BCUT2D eigenvalue weighted by molar-refractivity contribution is -0.131. The quantitative estimate of drug-likeness (QED) is 0.725. The van der Waals surface area contributed by atoms with Crippen molar-refractivity contribution in [3.8, 4) is 0 Å². The monoisotopic (exact) mass is 302 g/mol. The lowest BCUT2D eigenvalue weighted by Gasteiger charge is -2.24. The zero-order chi connectivity index (χ0) is 16.4. The lowest BCUT2D eigenvalue weighted by atomic mass is 10.1. The molecule has 0 saturated heterocycles. The molecule has 1 unspecified atom stereocenters. The van der Waals surface area contributed by atoms with Crippen molar-refractivity contribution in [3.05, 3.63) is 60.8 Å². The molecule has 1 aromatic carbocycles. The predicted octanol–water partition coefficient (Wildman–Crippen LogP) is 3.15. The van der Waals surface area contributed by atoms with Crippen LogP contribution in [0.3, 0.4) is 0 Å². The van der Waals surface area contributed by atoms with Crippen LogP contribution >= 0.6 is 0 Å². The summed E-state index contributed by atoms with van der Waals surface area (Å²) in [5.41, 5.74) is 0.976. The van der Waals surface area contributed by atoms with Gasteiger partial charge >= 0.3 is 6.09 Å². The molecule has 0 saturated carbocycles. The second kappa shape index (κ2) is 9.39. The minimum Gasteiger partial charge on any atom is -0.465 e. The summed E-state index contributed by atoms with van der Waals surface area (Å²) in [5.74, 6) is -0.296. The SMILES string of the molecule is C=CCC(NC(=O)O)C(=O)N(C=CCC)Cc1ccccc1. The van der Waals surface area contributed by atoms with Gasteiger partial charge in [0.05, 0.1) is 6.54 Å². The summed E-state index contributed by atoms with van der Waals surface area (Å²) in [6.45, 7) is 5.94. The fourth-order valence-corrected chi connectivity index (χ4v) is 1.95. The summed E-state index contributed by atoms with van der Waals surface area (Å²) < 4.78 is 0. The maximum Gasteiger partial charge on any atom is 0.405 e. The first kappa shape index (κ1) is 17.5. The molecule has 1 aromatic rings. The Morgan fingerprint density at radius 3 is 2.59 bits per heavy atom. The number of hydrogen-bond donors (Lipinski definition) is 2. The summed E-state index contributed by atoms with van der Waals surface area (Å²) in [6.07, 6.45) is 4.91. The Bertz CT molecular complexity index is 526. The minimum absolute atomic E-state index is 0.246. The molecular weight excluding hydrogens is 280 g/mol. The molecule has 0 bridgehead atoms. The predicted molar refractivity (Wildman–Crippen MR) is 86.2 cm³/mol. The molecule has 1 rings (SSSR count). The number of nitrogens with one attached hydrogen (secondary N) is 1. The van der Waals surface area contributed by atoms with Gasteiger partial charge in [0.25, 0.3) is 0 Å². The topological polar surface area (TPSA) is 69.6 Å². The molecule has 5 heteroatoms. The van der Waals surface area contributed by atoms with E-state index in [0.717, 1.165) is 12.0 Å². The summed E-state index contributed by atoms with van der Waals surface area (Å²) >= 11 is 0. The Labute approximate surface area is 130 Å². The van der Waals surface area contributed by atoms with Crippen LogP contribution in [0.2, 0.25) is 0 Å². The molecule has 1 atom stereocenters. The van der Waals surface area contributed by atoms with Crippen LogP contribution in [0.1, 0.15) is 25.3 Å². The van der Waals surface area contributed by atoms with E-state index in [1.807, 2.05) is 43.3 Å². The molecule has 2 amide bonds. The Morgan fingerprint density at radius 2 is 2.05 bits per heavy atom. The number of carboxylic acid groups (broad SMARTS) is 1. The van der Waals surface area contributed by atoms with Crippen molar-refractivity contribution < 1.29 is 14.7 Å². The van der Waals surface area contributed by atoms with Crippen molar-refractivity contribution in [2.75, 3.05) is 0 Å². The van der Waals surface area contributed by atoms with Gasteiger partial charge in [0.1, 0.15) is 6.04 Å². The van der Waals surface area contributed by atoms with Gasteiger partial charge in [-0.15, -0.1) is 6.58 Å². The molecule has 2 N–H and O–H groups in total. The first-order valence-electron chi connectivity index (χ1n) is 7.19. The zero-order valence-corrected chi connectivity index (χ0v) is 12.7. The standard InChI is InChI=1S/C17H22N2O3/c1-3-5-12-19(13-14-10-7-6-8-11-14)16(20)15(9-4-2)18-17(21)22/h4-8,10-12,15,18H,2-3,9,13H2,1H3,(H,21,22). The number of benzene rings is 1. The van der Waals surface area contributed by atoms with Crippen LogP contribution in [-0.4, -0.2) is 28.0 Å². The Hall–Kier alpha value is -2.56. The first-order valence-corrected chi connectivity index (χ1v) is 7.19. The molecule has 0 aliphatic heterocycles. The molecule has 22 heavy (non-hydrogen) atoms. The fraction of sp³-hybridized carbons (Fsp3) is 0.294. The van der Waals surface area contributed by atoms with E-state index in [0.29, 0.717) is 6.54 Å². The molecule has 0 aromatic heterocycles. The van der Waals surface area contributed by atoms with Crippen molar-refractivity contribution in [1.29, 1.82) is 0 Å². The van der Waals surface area contributed by atoms with Crippen LogP contribution in [0.25, 0.3) is 0 Å². The van der Waals surface area contributed by atoms with Crippen LogP contribution in [0, 0.1) is 0 Å². The Balaban J connectivity index is 2.92. The van der Waals surface area contributed by atoms with Gasteiger partial charge in [0.15, 0.2) is 0 Å². The van der Waals surface area contributed by atoms with Crippen LogP contribution in [-0.2, 0) is 11.3 Å². The van der Waals surface area contributed by atoms with Crippen molar-refractivity contribution in [3.63, 3.8) is 0 Å². The van der Waals surface area contributed by atoms with Crippen molar-refractivity contribution in [2.24, 2.45) is 0 Å². The largest absolute Gasteiger partial charge is 0.465 e. The molecule has 118 valence electrons. The molecule has 0 heterocycles. The third-order valence-corrected chi connectivity index (χ3v) is 3.00. The number of amides is 2.